The number of aromatic nitrogens is 1. The van der Waals surface area contributed by atoms with Crippen molar-refractivity contribution in [1.29, 1.82) is 0 Å². The van der Waals surface area contributed by atoms with Gasteiger partial charge in [0.1, 0.15) is 0 Å². The van der Waals surface area contributed by atoms with Crippen LogP contribution in [0.3, 0.4) is 0 Å². The van der Waals surface area contributed by atoms with Gasteiger partial charge in [-0.05, 0) is 18.4 Å². The molecular weight excluding hydrogens is 232 g/mol. The number of aliphatic hydroxyl groups excluding tert-OH is 1. The molecule has 2 rings (SSSR count). The molecule has 0 unspecified atom stereocenters. The number of pyridine rings is 1. The monoisotopic (exact) mass is 252 g/mol. The van der Waals surface area contributed by atoms with Crippen molar-refractivity contribution in [3.05, 3.63) is 23.9 Å². The van der Waals surface area contributed by atoms with Gasteiger partial charge in [-0.15, -0.1) is 0 Å². The van der Waals surface area contributed by atoms with Crippen LogP contribution in [0.25, 0.3) is 0 Å². The molecule has 0 saturated carbocycles. The highest BCUT2D eigenvalue weighted by molar-refractivity contribution is 5.17. The van der Waals surface area contributed by atoms with Crippen LogP contribution in [0.4, 0.5) is 0 Å². The van der Waals surface area contributed by atoms with Crippen molar-refractivity contribution in [1.82, 2.24) is 10.3 Å². The number of nitrogens with zero attached hydrogens (tertiary/aromatic N) is 1. The largest absolute Gasteiger partial charge is 0.481 e. The van der Waals surface area contributed by atoms with Crippen molar-refractivity contribution in [2.45, 2.75) is 24.9 Å². The lowest BCUT2D eigenvalue weighted by Crippen LogP contribution is -2.51. The minimum Gasteiger partial charge on any atom is -0.481 e. The summed E-state index contributed by atoms with van der Waals surface area (Å²) < 4.78 is 10.3. The quantitative estimate of drug-likeness (QED) is 0.808. The first-order valence-corrected chi connectivity index (χ1v) is 6.20. The Labute approximate surface area is 107 Å². The summed E-state index contributed by atoms with van der Waals surface area (Å²) in [5.41, 5.74) is 0.869. The van der Waals surface area contributed by atoms with E-state index in [-0.39, 0.29) is 12.1 Å². The van der Waals surface area contributed by atoms with E-state index in [1.54, 1.807) is 13.3 Å². The van der Waals surface area contributed by atoms with Gasteiger partial charge in [-0.3, -0.25) is 0 Å². The van der Waals surface area contributed by atoms with Crippen LogP contribution in [-0.4, -0.2) is 42.6 Å². The predicted molar refractivity (Wildman–Crippen MR) is 67.5 cm³/mol. The molecule has 1 aliphatic heterocycles. The van der Waals surface area contributed by atoms with Crippen molar-refractivity contribution < 1.29 is 14.6 Å². The summed E-state index contributed by atoms with van der Waals surface area (Å²) in [4.78, 5) is 4.16. The third-order valence-electron chi connectivity index (χ3n) is 3.43. The molecule has 0 bridgehead atoms. The van der Waals surface area contributed by atoms with E-state index in [9.17, 15) is 5.11 Å². The van der Waals surface area contributed by atoms with E-state index in [2.05, 4.69) is 10.3 Å². The molecule has 0 aromatic carbocycles. The zero-order valence-corrected chi connectivity index (χ0v) is 10.7. The minimum absolute atomic E-state index is 0.139. The maximum Gasteiger partial charge on any atom is 0.212 e. The van der Waals surface area contributed by atoms with Gasteiger partial charge in [-0.1, -0.05) is 6.07 Å². The molecule has 2 N–H and O–H groups in total. The first kappa shape index (κ1) is 13.3. The van der Waals surface area contributed by atoms with E-state index in [0.717, 1.165) is 18.4 Å². The maximum atomic E-state index is 9.55. The lowest BCUT2D eigenvalue weighted by atomic mass is 9.91. The molecule has 1 aliphatic rings. The molecular formula is C13H20N2O3. The Balaban J connectivity index is 1.92. The Morgan fingerprint density at radius 1 is 1.44 bits per heavy atom. The highest BCUT2D eigenvalue weighted by atomic mass is 16.5. The average molecular weight is 252 g/mol. The number of rotatable bonds is 5. The SMILES string of the molecule is COc1ccc(CNC2(CO)CCOCC2)cn1. The fourth-order valence-corrected chi connectivity index (χ4v) is 2.08. The summed E-state index contributed by atoms with van der Waals surface area (Å²) in [5.74, 6) is 0.613. The van der Waals surface area contributed by atoms with Crippen molar-refractivity contribution in [3.8, 4) is 5.88 Å². The van der Waals surface area contributed by atoms with E-state index in [1.807, 2.05) is 12.1 Å². The minimum atomic E-state index is -0.210. The van der Waals surface area contributed by atoms with Gasteiger partial charge >= 0.3 is 0 Å². The molecule has 1 aromatic rings. The zero-order chi connectivity index (χ0) is 12.8. The van der Waals surface area contributed by atoms with E-state index < -0.39 is 0 Å². The lowest BCUT2D eigenvalue weighted by molar-refractivity contribution is 0.0111. The number of nitrogens with one attached hydrogen (secondary N) is 1. The predicted octanol–water partition coefficient (Wildman–Crippen LogP) is 0.721. The number of ether oxygens (including phenoxy) is 2. The van der Waals surface area contributed by atoms with Gasteiger partial charge < -0.3 is 19.9 Å². The van der Waals surface area contributed by atoms with Crippen LogP contribution >= 0.6 is 0 Å². The Hall–Kier alpha value is -1.17. The standard InChI is InChI=1S/C13H20N2O3/c1-17-12-3-2-11(8-14-12)9-15-13(10-16)4-6-18-7-5-13/h2-3,8,15-16H,4-7,9-10H2,1H3. The van der Waals surface area contributed by atoms with E-state index in [4.69, 9.17) is 9.47 Å². The first-order chi connectivity index (χ1) is 8.78. The molecule has 0 spiro atoms. The van der Waals surface area contributed by atoms with Gasteiger partial charge in [0.05, 0.1) is 13.7 Å². The van der Waals surface area contributed by atoms with Crippen molar-refractivity contribution >= 4 is 0 Å². The summed E-state index contributed by atoms with van der Waals surface area (Å²) in [7, 11) is 1.60. The molecule has 5 heteroatoms. The van der Waals surface area contributed by atoms with Crippen LogP contribution in [-0.2, 0) is 11.3 Å². The normalized spacial score (nSPS) is 18.6. The van der Waals surface area contributed by atoms with E-state index in [1.165, 1.54) is 0 Å². The second kappa shape index (κ2) is 6.13. The third kappa shape index (κ3) is 3.19. The molecule has 0 radical (unpaired) electrons. The Kier molecular flexibility index (Phi) is 4.52. The molecule has 18 heavy (non-hydrogen) atoms. The van der Waals surface area contributed by atoms with Crippen molar-refractivity contribution in [2.75, 3.05) is 26.9 Å². The van der Waals surface area contributed by atoms with Crippen LogP contribution in [0.15, 0.2) is 18.3 Å². The third-order valence-corrected chi connectivity index (χ3v) is 3.43. The van der Waals surface area contributed by atoms with Crippen LogP contribution in [0, 0.1) is 0 Å². The summed E-state index contributed by atoms with van der Waals surface area (Å²) in [6, 6.07) is 3.82. The van der Waals surface area contributed by atoms with Gasteiger partial charge in [-0.25, -0.2) is 4.98 Å². The molecule has 100 valence electrons. The number of hydrogen-bond acceptors (Lipinski definition) is 5. The van der Waals surface area contributed by atoms with Gasteiger partial charge in [0.2, 0.25) is 5.88 Å². The lowest BCUT2D eigenvalue weighted by Gasteiger charge is -2.36. The highest BCUT2D eigenvalue weighted by Gasteiger charge is 2.31. The summed E-state index contributed by atoms with van der Waals surface area (Å²) in [5, 5.41) is 13.0. The molecule has 5 nitrogen and oxygen atoms in total. The number of methoxy groups -OCH3 is 1. The van der Waals surface area contributed by atoms with Gasteiger partial charge in [-0.2, -0.15) is 0 Å². The molecule has 2 heterocycles. The fourth-order valence-electron chi connectivity index (χ4n) is 2.08. The topological polar surface area (TPSA) is 63.6 Å². The summed E-state index contributed by atoms with van der Waals surface area (Å²) in [6.07, 6.45) is 3.47. The number of hydrogen-bond donors (Lipinski definition) is 2. The summed E-state index contributed by atoms with van der Waals surface area (Å²) >= 11 is 0. The van der Waals surface area contributed by atoms with Crippen LogP contribution < -0.4 is 10.1 Å². The van der Waals surface area contributed by atoms with Gasteiger partial charge in [0, 0.05) is 37.6 Å². The van der Waals surface area contributed by atoms with E-state index in [0.29, 0.717) is 25.6 Å². The van der Waals surface area contributed by atoms with E-state index >= 15 is 0 Å². The van der Waals surface area contributed by atoms with Gasteiger partial charge in [0.15, 0.2) is 0 Å². The number of aliphatic hydroxyl groups is 1. The van der Waals surface area contributed by atoms with Crippen molar-refractivity contribution in [2.24, 2.45) is 0 Å². The smallest absolute Gasteiger partial charge is 0.212 e. The molecule has 1 aromatic heterocycles. The first-order valence-electron chi connectivity index (χ1n) is 6.20. The second-order valence-electron chi connectivity index (χ2n) is 4.61. The molecule has 0 aliphatic carbocycles. The molecule has 1 fully saturated rings. The highest BCUT2D eigenvalue weighted by Crippen LogP contribution is 2.20. The molecule has 0 atom stereocenters. The molecule has 0 amide bonds. The summed E-state index contributed by atoms with van der Waals surface area (Å²) in [6.45, 7) is 2.24. The van der Waals surface area contributed by atoms with Crippen LogP contribution in [0.1, 0.15) is 18.4 Å². The Morgan fingerprint density at radius 3 is 2.78 bits per heavy atom. The van der Waals surface area contributed by atoms with Crippen molar-refractivity contribution in [3.63, 3.8) is 0 Å². The maximum absolute atomic E-state index is 9.55. The van der Waals surface area contributed by atoms with Crippen LogP contribution in [0.2, 0.25) is 0 Å². The Morgan fingerprint density at radius 2 is 2.22 bits per heavy atom. The van der Waals surface area contributed by atoms with Gasteiger partial charge in [0.25, 0.3) is 0 Å². The average Bonchev–Trinajstić information content (AvgIpc) is 2.47. The Bertz CT molecular complexity index is 361. The zero-order valence-electron chi connectivity index (χ0n) is 10.7. The van der Waals surface area contributed by atoms with Crippen LogP contribution in [0.5, 0.6) is 5.88 Å². The second-order valence-corrected chi connectivity index (χ2v) is 4.61. The fraction of sp³-hybridized carbons (Fsp3) is 0.615. The molecule has 1 saturated heterocycles.